The summed E-state index contributed by atoms with van der Waals surface area (Å²) in [6.07, 6.45) is 6.49. The van der Waals surface area contributed by atoms with E-state index in [-0.39, 0.29) is 0 Å². The van der Waals surface area contributed by atoms with Crippen LogP contribution in [0.2, 0.25) is 5.02 Å². The Morgan fingerprint density at radius 2 is 2.15 bits per heavy atom. The van der Waals surface area contributed by atoms with Crippen molar-refractivity contribution in [1.82, 2.24) is 14.5 Å². The molecule has 0 amide bonds. The smallest absolute Gasteiger partial charge is 0.173 e. The molecule has 0 radical (unpaired) electrons. The number of hydrogen-bond donors (Lipinski definition) is 1. The van der Waals surface area contributed by atoms with Crippen molar-refractivity contribution >= 4 is 34.6 Å². The van der Waals surface area contributed by atoms with Gasteiger partial charge in [0.2, 0.25) is 0 Å². The van der Waals surface area contributed by atoms with E-state index in [9.17, 15) is 0 Å². The number of aryl methyl sites for hydroxylation is 2. The van der Waals surface area contributed by atoms with E-state index < -0.39 is 0 Å². The first-order valence-corrected chi connectivity index (χ1v) is 9.22. The fourth-order valence-electron chi connectivity index (χ4n) is 2.63. The number of rotatable bonds is 7. The van der Waals surface area contributed by atoms with Crippen LogP contribution in [0.5, 0.6) is 0 Å². The van der Waals surface area contributed by atoms with Crippen LogP contribution in [0.3, 0.4) is 0 Å². The molecule has 5 nitrogen and oxygen atoms in total. The standard InChI is InChI=1S/C19H21ClN4OS/c1-15-7-8-16(25-15)13-24(11-4-10-23-12-9-21-14-23)19(26)22-18-6-3-2-5-17(18)20/h2-3,5-9,12,14H,4,10-11,13H2,1H3,(H,22,26). The minimum absolute atomic E-state index is 0.605. The Morgan fingerprint density at radius 1 is 1.31 bits per heavy atom. The molecule has 0 aliphatic heterocycles. The SMILES string of the molecule is Cc1ccc(CN(CCCn2ccnc2)C(=S)Nc2ccccc2Cl)o1. The van der Waals surface area contributed by atoms with E-state index in [1.165, 1.54) is 0 Å². The summed E-state index contributed by atoms with van der Waals surface area (Å²) in [5.74, 6) is 1.77. The first kappa shape index (κ1) is 18.5. The molecule has 0 atom stereocenters. The number of thiocarbonyl (C=S) groups is 1. The average Bonchev–Trinajstić information content (AvgIpc) is 3.28. The lowest BCUT2D eigenvalue weighted by atomic mass is 10.3. The molecule has 0 saturated heterocycles. The van der Waals surface area contributed by atoms with Crippen molar-refractivity contribution in [3.63, 3.8) is 0 Å². The highest BCUT2D eigenvalue weighted by atomic mass is 35.5. The van der Waals surface area contributed by atoms with Gasteiger partial charge >= 0.3 is 0 Å². The lowest BCUT2D eigenvalue weighted by molar-refractivity contribution is 0.348. The first-order chi connectivity index (χ1) is 12.6. The van der Waals surface area contributed by atoms with Gasteiger partial charge in [-0.25, -0.2) is 4.98 Å². The summed E-state index contributed by atoms with van der Waals surface area (Å²) in [7, 11) is 0. The molecule has 7 heteroatoms. The molecule has 0 fully saturated rings. The molecule has 26 heavy (non-hydrogen) atoms. The Bertz CT molecular complexity index is 847. The maximum absolute atomic E-state index is 6.24. The number of para-hydroxylation sites is 1. The van der Waals surface area contributed by atoms with Gasteiger partial charge < -0.3 is 19.2 Å². The van der Waals surface area contributed by atoms with Gasteiger partial charge in [0.05, 0.1) is 23.6 Å². The van der Waals surface area contributed by atoms with Gasteiger partial charge in [-0.05, 0) is 49.8 Å². The van der Waals surface area contributed by atoms with Crippen molar-refractivity contribution in [2.24, 2.45) is 0 Å². The van der Waals surface area contributed by atoms with E-state index in [1.54, 1.807) is 6.20 Å². The molecule has 0 bridgehead atoms. The number of nitrogens with zero attached hydrogens (tertiary/aromatic N) is 3. The molecule has 0 unspecified atom stereocenters. The van der Waals surface area contributed by atoms with Gasteiger partial charge in [-0.2, -0.15) is 0 Å². The second-order valence-electron chi connectivity index (χ2n) is 6.00. The molecule has 3 aromatic rings. The van der Waals surface area contributed by atoms with Crippen molar-refractivity contribution in [2.75, 3.05) is 11.9 Å². The van der Waals surface area contributed by atoms with Crippen LogP contribution >= 0.6 is 23.8 Å². The molecule has 0 spiro atoms. The summed E-state index contributed by atoms with van der Waals surface area (Å²) in [5, 5.41) is 4.51. The largest absolute Gasteiger partial charge is 0.464 e. The van der Waals surface area contributed by atoms with Gasteiger partial charge in [-0.1, -0.05) is 23.7 Å². The summed E-state index contributed by atoms with van der Waals surface area (Å²) in [6.45, 7) is 4.21. The van der Waals surface area contributed by atoms with Gasteiger partial charge in [0.15, 0.2) is 5.11 Å². The van der Waals surface area contributed by atoms with E-state index in [0.717, 1.165) is 36.7 Å². The van der Waals surface area contributed by atoms with Crippen LogP contribution in [0.15, 0.2) is 59.5 Å². The van der Waals surface area contributed by atoms with Crippen molar-refractivity contribution in [2.45, 2.75) is 26.4 Å². The zero-order valence-corrected chi connectivity index (χ0v) is 16.1. The van der Waals surface area contributed by atoms with Gasteiger partial charge in [0.25, 0.3) is 0 Å². The fourth-order valence-corrected chi connectivity index (χ4v) is 3.08. The third-order valence-corrected chi connectivity index (χ3v) is 4.64. The first-order valence-electron chi connectivity index (χ1n) is 8.43. The van der Waals surface area contributed by atoms with Crippen molar-refractivity contribution in [1.29, 1.82) is 0 Å². The molecule has 1 aromatic carbocycles. The monoisotopic (exact) mass is 388 g/mol. The molecule has 3 rings (SSSR count). The number of benzene rings is 1. The van der Waals surface area contributed by atoms with Crippen LogP contribution in [0.25, 0.3) is 0 Å². The van der Waals surface area contributed by atoms with E-state index >= 15 is 0 Å². The highest BCUT2D eigenvalue weighted by Gasteiger charge is 2.14. The van der Waals surface area contributed by atoms with E-state index in [1.807, 2.05) is 55.8 Å². The van der Waals surface area contributed by atoms with Gasteiger partial charge in [0.1, 0.15) is 11.5 Å². The number of halogens is 1. The molecule has 2 heterocycles. The van der Waals surface area contributed by atoms with Crippen LogP contribution < -0.4 is 5.32 Å². The fraction of sp³-hybridized carbons (Fsp3) is 0.263. The second-order valence-corrected chi connectivity index (χ2v) is 6.79. The molecule has 136 valence electrons. The van der Waals surface area contributed by atoms with Crippen LogP contribution in [-0.4, -0.2) is 26.1 Å². The maximum Gasteiger partial charge on any atom is 0.173 e. The number of imidazole rings is 1. The summed E-state index contributed by atoms with van der Waals surface area (Å²) < 4.78 is 7.78. The molecular formula is C19H21ClN4OS. The minimum Gasteiger partial charge on any atom is -0.464 e. The van der Waals surface area contributed by atoms with Gasteiger partial charge in [0, 0.05) is 25.5 Å². The van der Waals surface area contributed by atoms with E-state index in [4.69, 9.17) is 28.2 Å². The zero-order valence-electron chi connectivity index (χ0n) is 14.6. The van der Waals surface area contributed by atoms with Crippen LogP contribution in [0, 0.1) is 6.92 Å². The highest BCUT2D eigenvalue weighted by Crippen LogP contribution is 2.21. The van der Waals surface area contributed by atoms with E-state index in [2.05, 4.69) is 19.8 Å². The third kappa shape index (κ3) is 5.09. The van der Waals surface area contributed by atoms with Crippen LogP contribution in [-0.2, 0) is 13.1 Å². The Kier molecular flexibility index (Phi) is 6.30. The summed E-state index contributed by atoms with van der Waals surface area (Å²) in [4.78, 5) is 6.16. The molecule has 2 aromatic heterocycles. The predicted octanol–water partition coefficient (Wildman–Crippen LogP) is 4.73. The predicted molar refractivity (Wildman–Crippen MR) is 108 cm³/mol. The van der Waals surface area contributed by atoms with Crippen molar-refractivity contribution in [3.05, 3.63) is 71.7 Å². The maximum atomic E-state index is 6.24. The Labute approximate surface area is 163 Å². The van der Waals surface area contributed by atoms with Crippen molar-refractivity contribution < 1.29 is 4.42 Å². The topological polar surface area (TPSA) is 46.2 Å². The number of aromatic nitrogens is 2. The normalized spacial score (nSPS) is 10.7. The molecule has 0 saturated carbocycles. The quantitative estimate of drug-likeness (QED) is 0.593. The molecule has 0 aliphatic rings. The number of hydrogen-bond acceptors (Lipinski definition) is 3. The third-order valence-electron chi connectivity index (χ3n) is 3.95. The lowest BCUT2D eigenvalue weighted by Gasteiger charge is -2.25. The molecular weight excluding hydrogens is 368 g/mol. The zero-order chi connectivity index (χ0) is 18.4. The Hall–Kier alpha value is -2.31. The van der Waals surface area contributed by atoms with Crippen molar-refractivity contribution in [3.8, 4) is 0 Å². The second kappa shape index (κ2) is 8.87. The molecule has 1 N–H and O–H groups in total. The number of anilines is 1. The Morgan fingerprint density at radius 3 is 2.85 bits per heavy atom. The highest BCUT2D eigenvalue weighted by molar-refractivity contribution is 7.80. The Balaban J connectivity index is 1.66. The number of furan rings is 1. The average molecular weight is 389 g/mol. The van der Waals surface area contributed by atoms with Crippen LogP contribution in [0.4, 0.5) is 5.69 Å². The van der Waals surface area contributed by atoms with Gasteiger partial charge in [-0.3, -0.25) is 0 Å². The summed E-state index contributed by atoms with van der Waals surface area (Å²) >= 11 is 11.9. The van der Waals surface area contributed by atoms with Gasteiger partial charge in [-0.15, -0.1) is 0 Å². The summed E-state index contributed by atoms with van der Waals surface area (Å²) in [6, 6.07) is 11.5. The summed E-state index contributed by atoms with van der Waals surface area (Å²) in [5.41, 5.74) is 0.800. The number of nitrogens with one attached hydrogen (secondary N) is 1. The molecule has 0 aliphatic carbocycles. The minimum atomic E-state index is 0.605. The van der Waals surface area contributed by atoms with E-state index in [0.29, 0.717) is 16.7 Å². The van der Waals surface area contributed by atoms with Crippen LogP contribution in [0.1, 0.15) is 17.9 Å². The lowest BCUT2D eigenvalue weighted by Crippen LogP contribution is -2.35.